The highest BCUT2D eigenvalue weighted by Gasteiger charge is 2.15. The summed E-state index contributed by atoms with van der Waals surface area (Å²) in [5.41, 5.74) is 1.23. The number of fused-ring (bicyclic) bond motifs is 1. The largest absolute Gasteiger partial charge is 0.493 e. The average Bonchev–Trinajstić information content (AvgIpc) is 3.20. The van der Waals surface area contributed by atoms with Crippen molar-refractivity contribution in [3.8, 4) is 11.5 Å². The first-order chi connectivity index (χ1) is 15.0. The summed E-state index contributed by atoms with van der Waals surface area (Å²) in [6, 6.07) is 8.15. The standard InChI is InChI=1S/C23H22FNO5S/c1-25-18-9-14(17(24)8-16(18)13-27)5-7-30-21-10-15-11-23(19(28)4-3-6-26)31-22(15)12-20(21)29-2/h6,8-13,25H,3-5,7H2,1-2H3. The Morgan fingerprint density at radius 3 is 2.65 bits per heavy atom. The monoisotopic (exact) mass is 443 g/mol. The van der Waals surface area contributed by atoms with Crippen molar-refractivity contribution in [2.24, 2.45) is 0 Å². The van der Waals surface area contributed by atoms with Gasteiger partial charge in [0, 0.05) is 48.3 Å². The molecule has 0 aliphatic rings. The molecule has 1 N–H and O–H groups in total. The summed E-state index contributed by atoms with van der Waals surface area (Å²) in [5.74, 6) is 0.445. The van der Waals surface area contributed by atoms with Crippen LogP contribution in [0, 0.1) is 5.82 Å². The van der Waals surface area contributed by atoms with Crippen LogP contribution in [0.2, 0.25) is 0 Å². The van der Waals surface area contributed by atoms with Crippen LogP contribution in [0.3, 0.4) is 0 Å². The molecule has 3 aromatic rings. The van der Waals surface area contributed by atoms with E-state index in [0.29, 0.717) is 40.3 Å². The van der Waals surface area contributed by atoms with Crippen LogP contribution >= 0.6 is 11.3 Å². The summed E-state index contributed by atoms with van der Waals surface area (Å²) < 4.78 is 26.4. The SMILES string of the molecule is CNc1cc(CCOc2cc3cc(C(=O)CCC=O)sc3cc2OC)c(F)cc1C=O. The third-order valence-electron chi connectivity index (χ3n) is 4.81. The minimum Gasteiger partial charge on any atom is -0.493 e. The van der Waals surface area contributed by atoms with Gasteiger partial charge in [-0.15, -0.1) is 11.3 Å². The Kier molecular flexibility index (Phi) is 7.36. The lowest BCUT2D eigenvalue weighted by Gasteiger charge is -2.12. The highest BCUT2D eigenvalue weighted by atomic mass is 32.1. The zero-order chi connectivity index (χ0) is 22.4. The van der Waals surface area contributed by atoms with Crippen molar-refractivity contribution in [1.82, 2.24) is 0 Å². The van der Waals surface area contributed by atoms with E-state index >= 15 is 0 Å². The summed E-state index contributed by atoms with van der Waals surface area (Å²) in [5, 5.41) is 3.71. The molecule has 0 saturated carbocycles. The van der Waals surface area contributed by atoms with E-state index in [1.54, 1.807) is 31.3 Å². The number of hydrogen-bond acceptors (Lipinski definition) is 7. The van der Waals surface area contributed by atoms with Crippen LogP contribution in [0.15, 0.2) is 30.3 Å². The van der Waals surface area contributed by atoms with Crippen molar-refractivity contribution in [2.45, 2.75) is 19.3 Å². The molecule has 1 aromatic heterocycles. The maximum atomic E-state index is 14.3. The van der Waals surface area contributed by atoms with Gasteiger partial charge in [0.25, 0.3) is 0 Å². The molecule has 31 heavy (non-hydrogen) atoms. The number of methoxy groups -OCH3 is 1. The van der Waals surface area contributed by atoms with Crippen LogP contribution in [-0.2, 0) is 11.2 Å². The van der Waals surface area contributed by atoms with E-state index in [9.17, 15) is 18.8 Å². The molecule has 0 saturated heterocycles. The second-order valence-corrected chi connectivity index (χ2v) is 7.86. The molecule has 8 heteroatoms. The van der Waals surface area contributed by atoms with Crippen LogP contribution in [0.4, 0.5) is 10.1 Å². The lowest BCUT2D eigenvalue weighted by Crippen LogP contribution is -2.06. The number of Topliss-reactive ketones (excluding diaryl/α,β-unsaturated/α-hetero) is 1. The predicted octanol–water partition coefficient (Wildman–Crippen LogP) is 4.69. The number of thiophene rings is 1. The fourth-order valence-electron chi connectivity index (χ4n) is 3.18. The number of aldehydes is 2. The van der Waals surface area contributed by atoms with Crippen LogP contribution < -0.4 is 14.8 Å². The van der Waals surface area contributed by atoms with Gasteiger partial charge in [-0.25, -0.2) is 4.39 Å². The maximum absolute atomic E-state index is 14.3. The van der Waals surface area contributed by atoms with Crippen LogP contribution in [0.25, 0.3) is 10.1 Å². The first-order valence-corrected chi connectivity index (χ1v) is 10.5. The van der Waals surface area contributed by atoms with Crippen molar-refractivity contribution < 1.29 is 28.2 Å². The number of hydrogen-bond donors (Lipinski definition) is 1. The lowest BCUT2D eigenvalue weighted by molar-refractivity contribution is -0.107. The topological polar surface area (TPSA) is 81.7 Å². The van der Waals surface area contributed by atoms with Gasteiger partial charge >= 0.3 is 0 Å². The summed E-state index contributed by atoms with van der Waals surface area (Å²) >= 11 is 1.34. The molecule has 0 amide bonds. The average molecular weight is 443 g/mol. The van der Waals surface area contributed by atoms with Crippen LogP contribution in [0.1, 0.15) is 38.4 Å². The van der Waals surface area contributed by atoms with E-state index in [1.807, 2.05) is 0 Å². The molecule has 0 aliphatic heterocycles. The number of ether oxygens (including phenoxy) is 2. The van der Waals surface area contributed by atoms with Gasteiger partial charge in [-0.1, -0.05) is 0 Å². The van der Waals surface area contributed by atoms with Crippen molar-refractivity contribution in [1.29, 1.82) is 0 Å². The molecule has 6 nitrogen and oxygen atoms in total. The molecule has 0 bridgehead atoms. The van der Waals surface area contributed by atoms with Crippen molar-refractivity contribution >= 4 is 45.5 Å². The number of carbonyl (C=O) groups excluding carboxylic acids is 3. The van der Waals surface area contributed by atoms with E-state index < -0.39 is 5.82 Å². The Balaban J connectivity index is 1.77. The predicted molar refractivity (Wildman–Crippen MR) is 119 cm³/mol. The number of benzene rings is 2. The van der Waals surface area contributed by atoms with Gasteiger partial charge in [-0.3, -0.25) is 9.59 Å². The van der Waals surface area contributed by atoms with E-state index in [-0.39, 0.29) is 30.8 Å². The lowest BCUT2D eigenvalue weighted by atomic mass is 10.1. The number of rotatable bonds is 11. The van der Waals surface area contributed by atoms with Gasteiger partial charge in [0.15, 0.2) is 23.6 Å². The van der Waals surface area contributed by atoms with Gasteiger partial charge in [-0.2, -0.15) is 0 Å². The Hall–Kier alpha value is -3.26. The molecule has 0 aliphatic carbocycles. The zero-order valence-electron chi connectivity index (χ0n) is 17.2. The van der Waals surface area contributed by atoms with Crippen molar-refractivity contribution in [2.75, 3.05) is 26.1 Å². The summed E-state index contributed by atoms with van der Waals surface area (Å²) in [6.07, 6.45) is 2.01. The molecule has 1 heterocycles. The molecule has 0 unspecified atom stereocenters. The minimum atomic E-state index is -0.469. The highest BCUT2D eigenvalue weighted by Crippen LogP contribution is 2.37. The second kappa shape index (κ2) is 10.2. The fourth-order valence-corrected chi connectivity index (χ4v) is 4.22. The molecule has 2 aromatic carbocycles. The molecule has 0 spiro atoms. The molecule has 0 fully saturated rings. The normalized spacial score (nSPS) is 10.7. The first kappa shape index (κ1) is 22.4. The number of anilines is 1. The van der Waals surface area contributed by atoms with E-state index in [0.717, 1.165) is 16.4 Å². The molecule has 0 radical (unpaired) electrons. The van der Waals surface area contributed by atoms with Gasteiger partial charge in [-0.05, 0) is 35.2 Å². The van der Waals surface area contributed by atoms with E-state index in [1.165, 1.54) is 24.5 Å². The zero-order valence-corrected chi connectivity index (χ0v) is 18.0. The van der Waals surface area contributed by atoms with Crippen molar-refractivity contribution in [3.05, 3.63) is 52.2 Å². The Labute approximate surface area is 183 Å². The molecule has 162 valence electrons. The summed E-state index contributed by atoms with van der Waals surface area (Å²) in [4.78, 5) is 34.3. The third-order valence-corrected chi connectivity index (χ3v) is 5.95. The van der Waals surface area contributed by atoms with E-state index in [4.69, 9.17) is 9.47 Å². The van der Waals surface area contributed by atoms with Crippen molar-refractivity contribution in [3.63, 3.8) is 0 Å². The van der Waals surface area contributed by atoms with Crippen LogP contribution in [0.5, 0.6) is 11.5 Å². The fraction of sp³-hybridized carbons (Fsp3) is 0.261. The van der Waals surface area contributed by atoms with Gasteiger partial charge in [0.1, 0.15) is 12.1 Å². The van der Waals surface area contributed by atoms with E-state index in [2.05, 4.69) is 5.32 Å². The molecular formula is C23H22FNO5S. The van der Waals surface area contributed by atoms with Gasteiger partial charge < -0.3 is 19.6 Å². The summed E-state index contributed by atoms with van der Waals surface area (Å²) in [6.45, 7) is 0.192. The maximum Gasteiger partial charge on any atom is 0.173 e. The smallest absolute Gasteiger partial charge is 0.173 e. The molecule has 0 atom stereocenters. The number of nitrogens with one attached hydrogen (secondary N) is 1. The molecule has 3 rings (SSSR count). The minimum absolute atomic E-state index is 0.0793. The van der Waals surface area contributed by atoms with Gasteiger partial charge in [0.05, 0.1) is 18.6 Å². The number of ketones is 1. The third kappa shape index (κ3) is 5.08. The number of carbonyl (C=O) groups is 3. The Morgan fingerprint density at radius 2 is 1.97 bits per heavy atom. The highest BCUT2D eigenvalue weighted by molar-refractivity contribution is 7.20. The summed E-state index contributed by atoms with van der Waals surface area (Å²) in [7, 11) is 3.19. The quantitative estimate of drug-likeness (QED) is 0.342. The number of halogens is 1. The first-order valence-electron chi connectivity index (χ1n) is 9.67. The second-order valence-electron chi connectivity index (χ2n) is 6.78. The Bertz CT molecular complexity index is 1120. The molecular weight excluding hydrogens is 421 g/mol. The Morgan fingerprint density at radius 1 is 1.16 bits per heavy atom. The van der Waals surface area contributed by atoms with Crippen LogP contribution in [-0.4, -0.2) is 39.1 Å². The van der Waals surface area contributed by atoms with Gasteiger partial charge in [0.2, 0.25) is 0 Å².